The van der Waals surface area contributed by atoms with Crippen molar-refractivity contribution in [2.75, 3.05) is 19.6 Å². The van der Waals surface area contributed by atoms with E-state index in [0.717, 1.165) is 5.56 Å². The van der Waals surface area contributed by atoms with Crippen LogP contribution in [0.2, 0.25) is 0 Å². The fourth-order valence-corrected chi connectivity index (χ4v) is 6.90. The van der Waals surface area contributed by atoms with Gasteiger partial charge in [-0.1, -0.05) is 56.3 Å². The van der Waals surface area contributed by atoms with E-state index >= 15 is 0 Å². The van der Waals surface area contributed by atoms with Gasteiger partial charge in [0.05, 0.1) is 6.54 Å². The molecule has 3 aliphatic rings. The van der Waals surface area contributed by atoms with Crippen LogP contribution in [-0.4, -0.2) is 100 Å². The van der Waals surface area contributed by atoms with E-state index in [-0.39, 0.29) is 31.1 Å². The first-order valence-electron chi connectivity index (χ1n) is 17.1. The van der Waals surface area contributed by atoms with Crippen molar-refractivity contribution in [3.63, 3.8) is 0 Å². The predicted molar refractivity (Wildman–Crippen MR) is 180 cm³/mol. The zero-order valence-electron chi connectivity index (χ0n) is 28.0. The molecule has 0 spiro atoms. The highest BCUT2D eigenvalue weighted by Crippen LogP contribution is 2.23. The molecule has 5 rings (SSSR count). The van der Waals surface area contributed by atoms with Gasteiger partial charge in [-0.25, -0.2) is 0 Å². The van der Waals surface area contributed by atoms with Gasteiger partial charge in [0, 0.05) is 25.9 Å². The summed E-state index contributed by atoms with van der Waals surface area (Å²) in [4.78, 5) is 85.5. The highest BCUT2D eigenvalue weighted by atomic mass is 16.3. The van der Waals surface area contributed by atoms with Crippen LogP contribution in [0.25, 0.3) is 0 Å². The average Bonchev–Trinajstić information content (AvgIpc) is 3.77. The number of carbonyl (C=O) groups is 6. The largest absolute Gasteiger partial charge is 0.508 e. The van der Waals surface area contributed by atoms with Gasteiger partial charge in [-0.3, -0.25) is 28.8 Å². The number of rotatable bonds is 6. The van der Waals surface area contributed by atoms with E-state index in [1.165, 1.54) is 21.9 Å². The van der Waals surface area contributed by atoms with Gasteiger partial charge < -0.3 is 36.2 Å². The maximum absolute atomic E-state index is 14.2. The lowest BCUT2D eigenvalue weighted by atomic mass is 10.0. The predicted octanol–water partition coefficient (Wildman–Crippen LogP) is 0.790. The molecule has 262 valence electrons. The molecule has 2 aromatic rings. The first-order valence-corrected chi connectivity index (χ1v) is 17.1. The van der Waals surface area contributed by atoms with Crippen LogP contribution >= 0.6 is 0 Å². The Balaban J connectivity index is 1.50. The van der Waals surface area contributed by atoms with Crippen molar-refractivity contribution < 1.29 is 33.9 Å². The summed E-state index contributed by atoms with van der Waals surface area (Å²) >= 11 is 0. The summed E-state index contributed by atoms with van der Waals surface area (Å²) in [5, 5.41) is 21.0. The lowest BCUT2D eigenvalue weighted by Crippen LogP contribution is -2.60. The Labute approximate surface area is 286 Å². The molecule has 3 saturated heterocycles. The van der Waals surface area contributed by atoms with E-state index in [1.807, 2.05) is 44.2 Å². The molecule has 13 heteroatoms. The quantitative estimate of drug-likeness (QED) is 0.301. The Morgan fingerprint density at radius 2 is 1.22 bits per heavy atom. The second-order valence-corrected chi connectivity index (χ2v) is 13.5. The van der Waals surface area contributed by atoms with Crippen LogP contribution in [0.15, 0.2) is 54.6 Å². The van der Waals surface area contributed by atoms with Crippen molar-refractivity contribution in [3.8, 4) is 5.75 Å². The molecule has 5 atom stereocenters. The molecule has 5 N–H and O–H groups in total. The molecule has 3 fully saturated rings. The van der Waals surface area contributed by atoms with Crippen molar-refractivity contribution in [2.24, 2.45) is 5.92 Å². The monoisotopic (exact) mass is 674 g/mol. The third-order valence-corrected chi connectivity index (χ3v) is 9.35. The van der Waals surface area contributed by atoms with Gasteiger partial charge in [-0.05, 0) is 61.3 Å². The third-order valence-electron chi connectivity index (χ3n) is 9.35. The smallest absolute Gasteiger partial charge is 0.246 e. The van der Waals surface area contributed by atoms with Crippen LogP contribution < -0.4 is 21.3 Å². The number of amides is 6. The SMILES string of the molecule is CC(C)C[C@@H]1NC(=O)CNC(=O)[C@@H]2CCCN2C(=O)[C@H](Cc2ccccc2)NC(=O)[C@H](Cc2ccc(O)cc2)NC(=O)[C@@H]2CCCN2C1=O. The van der Waals surface area contributed by atoms with Crippen molar-refractivity contribution in [1.29, 1.82) is 0 Å². The highest BCUT2D eigenvalue weighted by Gasteiger charge is 2.41. The maximum Gasteiger partial charge on any atom is 0.246 e. The number of phenols is 1. The van der Waals surface area contributed by atoms with Gasteiger partial charge >= 0.3 is 0 Å². The lowest BCUT2D eigenvalue weighted by molar-refractivity contribution is -0.144. The molecule has 2 aromatic carbocycles. The number of nitrogens with zero attached hydrogens (tertiary/aromatic N) is 2. The normalized spacial score (nSPS) is 25.9. The molecule has 13 nitrogen and oxygen atoms in total. The lowest BCUT2D eigenvalue weighted by Gasteiger charge is -2.32. The Kier molecular flexibility index (Phi) is 11.5. The Morgan fingerprint density at radius 3 is 1.86 bits per heavy atom. The maximum atomic E-state index is 14.2. The highest BCUT2D eigenvalue weighted by molar-refractivity contribution is 5.98. The number of hydrogen-bond donors (Lipinski definition) is 5. The Bertz CT molecular complexity index is 1530. The first-order chi connectivity index (χ1) is 23.5. The summed E-state index contributed by atoms with van der Waals surface area (Å²) in [6.45, 7) is 4.05. The van der Waals surface area contributed by atoms with E-state index in [2.05, 4.69) is 21.3 Å². The van der Waals surface area contributed by atoms with Crippen LogP contribution in [0.1, 0.15) is 57.1 Å². The van der Waals surface area contributed by atoms with E-state index in [0.29, 0.717) is 50.8 Å². The molecule has 3 heterocycles. The molecule has 49 heavy (non-hydrogen) atoms. The van der Waals surface area contributed by atoms with Gasteiger partial charge in [0.15, 0.2) is 0 Å². The molecule has 0 saturated carbocycles. The number of phenolic OH excluding ortho intramolecular Hbond substituents is 1. The van der Waals surface area contributed by atoms with Crippen molar-refractivity contribution in [2.45, 2.75) is 89.0 Å². The van der Waals surface area contributed by atoms with Gasteiger partial charge in [-0.2, -0.15) is 0 Å². The number of nitrogens with one attached hydrogen (secondary N) is 4. The average molecular weight is 675 g/mol. The van der Waals surface area contributed by atoms with E-state index in [4.69, 9.17) is 0 Å². The fraction of sp³-hybridized carbons (Fsp3) is 0.500. The van der Waals surface area contributed by atoms with E-state index < -0.39 is 65.7 Å². The number of aromatic hydroxyl groups is 1. The minimum absolute atomic E-state index is 0.0388. The Hall–Kier alpha value is -4.94. The second kappa shape index (κ2) is 16.0. The fourth-order valence-electron chi connectivity index (χ4n) is 6.90. The molecule has 0 aliphatic carbocycles. The van der Waals surface area contributed by atoms with Crippen LogP contribution in [0, 0.1) is 5.92 Å². The summed E-state index contributed by atoms with van der Waals surface area (Å²) in [6.07, 6.45) is 2.38. The van der Waals surface area contributed by atoms with Crippen LogP contribution in [0.3, 0.4) is 0 Å². The molecular formula is C36H46N6O7. The van der Waals surface area contributed by atoms with Crippen molar-refractivity contribution in [3.05, 3.63) is 65.7 Å². The number of hydrogen-bond acceptors (Lipinski definition) is 7. The van der Waals surface area contributed by atoms with Gasteiger partial charge in [0.25, 0.3) is 0 Å². The molecule has 3 aliphatic heterocycles. The summed E-state index contributed by atoms with van der Waals surface area (Å²) in [7, 11) is 0. The number of carbonyl (C=O) groups excluding carboxylic acids is 6. The minimum atomic E-state index is -1.14. The summed E-state index contributed by atoms with van der Waals surface area (Å²) in [5.74, 6) is -2.92. The Morgan fingerprint density at radius 1 is 0.673 bits per heavy atom. The molecule has 0 unspecified atom stereocenters. The zero-order valence-corrected chi connectivity index (χ0v) is 28.0. The van der Waals surface area contributed by atoms with Gasteiger partial charge in [-0.15, -0.1) is 0 Å². The zero-order chi connectivity index (χ0) is 35.1. The van der Waals surface area contributed by atoms with Crippen LogP contribution in [0.5, 0.6) is 5.75 Å². The van der Waals surface area contributed by atoms with Gasteiger partial charge in [0.1, 0.15) is 36.0 Å². The summed E-state index contributed by atoms with van der Waals surface area (Å²) in [6, 6.07) is 10.6. The standard InChI is InChI=1S/C36H46N6O7/c1-22(2)18-27-35(48)42-17-7-11-30(42)34(47)39-26(19-24-12-14-25(43)15-13-24)32(45)40-28(20-23-8-4-3-5-9-23)36(49)41-16-6-10-29(41)33(46)37-21-31(44)38-27/h3-5,8-9,12-15,22,26-30,43H,6-7,10-11,16-21H2,1-2H3,(H,37,46)(H,38,44)(H,39,47)(H,40,45)/t26-,27-,28-,29-,30-/m0/s1. The summed E-state index contributed by atoms with van der Waals surface area (Å²) in [5.41, 5.74) is 1.44. The molecule has 0 radical (unpaired) electrons. The topological polar surface area (TPSA) is 177 Å². The van der Waals surface area contributed by atoms with E-state index in [1.54, 1.807) is 12.1 Å². The minimum Gasteiger partial charge on any atom is -0.508 e. The van der Waals surface area contributed by atoms with E-state index in [9.17, 15) is 33.9 Å². The first kappa shape index (κ1) is 35.4. The molecular weight excluding hydrogens is 628 g/mol. The van der Waals surface area contributed by atoms with Crippen LogP contribution in [-0.2, 0) is 41.6 Å². The second-order valence-electron chi connectivity index (χ2n) is 13.5. The molecule has 6 amide bonds. The number of fused-ring (bicyclic) bond motifs is 2. The van der Waals surface area contributed by atoms with Gasteiger partial charge in [0.2, 0.25) is 35.4 Å². The number of benzene rings is 2. The summed E-state index contributed by atoms with van der Waals surface area (Å²) < 4.78 is 0. The molecule has 0 bridgehead atoms. The van der Waals surface area contributed by atoms with Crippen LogP contribution in [0.4, 0.5) is 0 Å². The molecule has 0 aromatic heterocycles. The van der Waals surface area contributed by atoms with Crippen molar-refractivity contribution >= 4 is 35.4 Å². The van der Waals surface area contributed by atoms with Crippen molar-refractivity contribution in [1.82, 2.24) is 31.1 Å². The third kappa shape index (κ3) is 8.95.